The molecule has 1 aliphatic rings. The van der Waals surface area contributed by atoms with E-state index >= 15 is 0 Å². The first-order chi connectivity index (χ1) is 12.9. The fourth-order valence-electron chi connectivity index (χ4n) is 3.77. The van der Waals surface area contributed by atoms with Crippen LogP contribution in [0.15, 0.2) is 42.3 Å². The molecule has 0 aliphatic heterocycles. The number of benzene rings is 1. The largest absolute Gasteiger partial charge is 0.513 e. The molecule has 0 bridgehead atoms. The molecule has 0 amide bonds. The second-order valence-electron chi connectivity index (χ2n) is 6.92. The number of rotatable bonds is 4. The summed E-state index contributed by atoms with van der Waals surface area (Å²) in [5.41, 5.74) is 5.26. The van der Waals surface area contributed by atoms with Crippen molar-refractivity contribution in [2.24, 2.45) is 5.92 Å². The number of hydrogen-bond acceptors (Lipinski definition) is 5. The third-order valence-electron chi connectivity index (χ3n) is 4.81. The van der Waals surface area contributed by atoms with Crippen LogP contribution < -0.4 is 0 Å². The van der Waals surface area contributed by atoms with E-state index in [9.17, 15) is 9.59 Å². The predicted molar refractivity (Wildman–Crippen MR) is 102 cm³/mol. The summed E-state index contributed by atoms with van der Waals surface area (Å²) in [6, 6.07) is 9.70. The highest BCUT2D eigenvalue weighted by Crippen LogP contribution is 2.40. The zero-order valence-corrected chi connectivity index (χ0v) is 16.0. The number of allylic oxidation sites excluding steroid dienone is 2. The van der Waals surface area contributed by atoms with Gasteiger partial charge in [0.25, 0.3) is 0 Å². The van der Waals surface area contributed by atoms with Gasteiger partial charge >= 0.3 is 6.16 Å². The van der Waals surface area contributed by atoms with Crippen molar-refractivity contribution >= 4 is 17.5 Å². The number of Topliss-reactive ketones (excluding diaryl/α,β-unsaturated/α-hetero) is 1. The SMILES string of the molecule is COC(=O)OC1=C(c2c(C)cc(C)cc2C)C(=O)C(Cc2ccccn2)C1. The van der Waals surface area contributed by atoms with E-state index in [2.05, 4.69) is 9.72 Å². The zero-order valence-electron chi connectivity index (χ0n) is 16.0. The number of ether oxygens (including phenoxy) is 2. The van der Waals surface area contributed by atoms with Crippen molar-refractivity contribution in [2.75, 3.05) is 7.11 Å². The third-order valence-corrected chi connectivity index (χ3v) is 4.81. The molecular formula is C22H23NO4. The van der Waals surface area contributed by atoms with Crippen molar-refractivity contribution in [3.05, 3.63) is 70.2 Å². The second-order valence-corrected chi connectivity index (χ2v) is 6.92. The van der Waals surface area contributed by atoms with Gasteiger partial charge in [-0.2, -0.15) is 0 Å². The van der Waals surface area contributed by atoms with Crippen LogP contribution in [0, 0.1) is 26.7 Å². The van der Waals surface area contributed by atoms with Crippen LogP contribution in [0.25, 0.3) is 5.57 Å². The molecule has 1 aromatic carbocycles. The summed E-state index contributed by atoms with van der Waals surface area (Å²) in [6.07, 6.45) is 1.76. The molecule has 1 aliphatic carbocycles. The molecule has 0 radical (unpaired) electrons. The normalized spacial score (nSPS) is 16.6. The van der Waals surface area contributed by atoms with Crippen LogP contribution in [0.3, 0.4) is 0 Å². The van der Waals surface area contributed by atoms with Crippen molar-refractivity contribution in [1.82, 2.24) is 4.98 Å². The van der Waals surface area contributed by atoms with Gasteiger partial charge in [-0.3, -0.25) is 9.78 Å². The van der Waals surface area contributed by atoms with Gasteiger partial charge in [-0.1, -0.05) is 23.8 Å². The van der Waals surface area contributed by atoms with Crippen LogP contribution in [0.1, 0.15) is 34.4 Å². The van der Waals surface area contributed by atoms with Gasteiger partial charge in [-0.05, 0) is 49.6 Å². The van der Waals surface area contributed by atoms with E-state index in [0.717, 1.165) is 27.9 Å². The van der Waals surface area contributed by atoms with Crippen molar-refractivity contribution in [1.29, 1.82) is 0 Å². The fraction of sp³-hybridized carbons (Fsp3) is 0.318. The molecule has 3 rings (SSSR count). The third kappa shape index (κ3) is 3.92. The van der Waals surface area contributed by atoms with Gasteiger partial charge < -0.3 is 9.47 Å². The quantitative estimate of drug-likeness (QED) is 0.755. The molecular weight excluding hydrogens is 342 g/mol. The maximum Gasteiger partial charge on any atom is 0.513 e. The highest BCUT2D eigenvalue weighted by molar-refractivity contribution is 6.25. The number of carbonyl (C=O) groups is 2. The van der Waals surface area contributed by atoms with Crippen molar-refractivity contribution in [3.63, 3.8) is 0 Å². The van der Waals surface area contributed by atoms with E-state index in [4.69, 9.17) is 4.74 Å². The minimum absolute atomic E-state index is 0.0189. The molecule has 1 unspecified atom stereocenters. The summed E-state index contributed by atoms with van der Waals surface area (Å²) >= 11 is 0. The summed E-state index contributed by atoms with van der Waals surface area (Å²) < 4.78 is 10.0. The van der Waals surface area contributed by atoms with Crippen LogP contribution in [0.2, 0.25) is 0 Å². The Morgan fingerprint density at radius 3 is 2.48 bits per heavy atom. The second kappa shape index (κ2) is 7.74. The summed E-state index contributed by atoms with van der Waals surface area (Å²) in [7, 11) is 1.26. The van der Waals surface area contributed by atoms with Gasteiger partial charge in [0, 0.05) is 30.7 Å². The number of carbonyl (C=O) groups excluding carboxylic acids is 2. The van der Waals surface area contributed by atoms with Gasteiger partial charge in [0.15, 0.2) is 5.78 Å². The molecule has 5 heteroatoms. The van der Waals surface area contributed by atoms with Gasteiger partial charge in [0.2, 0.25) is 0 Å². The van der Waals surface area contributed by atoms with Crippen LogP contribution in [0.5, 0.6) is 0 Å². The van der Waals surface area contributed by atoms with E-state index in [1.54, 1.807) is 6.20 Å². The lowest BCUT2D eigenvalue weighted by atomic mass is 9.90. The van der Waals surface area contributed by atoms with Crippen molar-refractivity contribution < 1.29 is 19.1 Å². The highest BCUT2D eigenvalue weighted by Gasteiger charge is 2.37. The molecule has 1 aromatic heterocycles. The number of hydrogen-bond donors (Lipinski definition) is 0. The minimum Gasteiger partial charge on any atom is -0.437 e. The lowest BCUT2D eigenvalue weighted by Crippen LogP contribution is -2.14. The Morgan fingerprint density at radius 1 is 1.19 bits per heavy atom. The maximum atomic E-state index is 13.3. The molecule has 0 saturated heterocycles. The van der Waals surface area contributed by atoms with Gasteiger partial charge in [0.05, 0.1) is 12.7 Å². The Hall–Kier alpha value is -2.95. The zero-order chi connectivity index (χ0) is 19.6. The molecule has 1 heterocycles. The van der Waals surface area contributed by atoms with Crippen molar-refractivity contribution in [3.8, 4) is 0 Å². The first kappa shape index (κ1) is 18.8. The molecule has 5 nitrogen and oxygen atoms in total. The molecule has 0 spiro atoms. The van der Waals surface area contributed by atoms with E-state index in [1.807, 2.05) is 51.1 Å². The van der Waals surface area contributed by atoms with Gasteiger partial charge in [0.1, 0.15) is 5.76 Å². The summed E-state index contributed by atoms with van der Waals surface area (Å²) in [6.45, 7) is 5.96. The average molecular weight is 365 g/mol. The number of nitrogens with zero attached hydrogens (tertiary/aromatic N) is 1. The topological polar surface area (TPSA) is 65.5 Å². The Morgan fingerprint density at radius 2 is 1.89 bits per heavy atom. The lowest BCUT2D eigenvalue weighted by molar-refractivity contribution is -0.116. The monoisotopic (exact) mass is 365 g/mol. The molecule has 2 aromatic rings. The molecule has 140 valence electrons. The molecule has 0 N–H and O–H groups in total. The first-order valence-electron chi connectivity index (χ1n) is 8.92. The Kier molecular flexibility index (Phi) is 5.40. The summed E-state index contributed by atoms with van der Waals surface area (Å²) in [4.78, 5) is 29.3. The summed E-state index contributed by atoms with van der Waals surface area (Å²) in [5.74, 6) is 0.0482. The number of ketones is 1. The minimum atomic E-state index is -0.809. The van der Waals surface area contributed by atoms with Crippen LogP contribution in [0.4, 0.5) is 4.79 Å². The number of aromatic nitrogens is 1. The smallest absolute Gasteiger partial charge is 0.437 e. The standard InChI is InChI=1S/C22H23NO4/c1-13-9-14(2)19(15(3)10-13)20-18(27-22(25)26-4)12-16(21(20)24)11-17-7-5-6-8-23-17/h5-10,16H,11-12H2,1-4H3. The van der Waals surface area contributed by atoms with Crippen LogP contribution in [-0.2, 0) is 20.7 Å². The average Bonchev–Trinajstić information content (AvgIpc) is 2.91. The fourth-order valence-corrected chi connectivity index (χ4v) is 3.77. The van der Waals surface area contributed by atoms with Gasteiger partial charge in [-0.25, -0.2) is 4.79 Å². The summed E-state index contributed by atoms with van der Waals surface area (Å²) in [5, 5.41) is 0. The highest BCUT2D eigenvalue weighted by atomic mass is 16.7. The van der Waals surface area contributed by atoms with Crippen LogP contribution in [-0.4, -0.2) is 24.0 Å². The molecule has 1 atom stereocenters. The van der Waals surface area contributed by atoms with E-state index in [0.29, 0.717) is 24.2 Å². The first-order valence-corrected chi connectivity index (χ1v) is 8.92. The van der Waals surface area contributed by atoms with E-state index in [1.165, 1.54) is 7.11 Å². The molecule has 27 heavy (non-hydrogen) atoms. The number of pyridine rings is 1. The van der Waals surface area contributed by atoms with Crippen LogP contribution >= 0.6 is 0 Å². The number of methoxy groups -OCH3 is 1. The lowest BCUT2D eigenvalue weighted by Gasteiger charge is -2.14. The molecule has 0 saturated carbocycles. The predicted octanol–water partition coefficient (Wildman–Crippen LogP) is 4.33. The number of aryl methyl sites for hydroxylation is 3. The Balaban J connectivity index is 2.02. The maximum absolute atomic E-state index is 13.3. The van der Waals surface area contributed by atoms with Crippen molar-refractivity contribution in [2.45, 2.75) is 33.6 Å². The molecule has 0 fully saturated rings. The Bertz CT molecular complexity index is 892. The Labute approximate surface area is 159 Å². The van der Waals surface area contributed by atoms with E-state index < -0.39 is 6.16 Å². The van der Waals surface area contributed by atoms with Gasteiger partial charge in [-0.15, -0.1) is 0 Å². The van der Waals surface area contributed by atoms with E-state index in [-0.39, 0.29) is 11.7 Å².